The summed E-state index contributed by atoms with van der Waals surface area (Å²) in [6.07, 6.45) is 9.69. The molecule has 160 valence electrons. The summed E-state index contributed by atoms with van der Waals surface area (Å²) in [5, 5.41) is 13.5. The third-order valence-electron chi connectivity index (χ3n) is 7.50. The molecule has 31 heavy (non-hydrogen) atoms. The first-order valence-corrected chi connectivity index (χ1v) is 11.2. The molecule has 0 saturated heterocycles. The van der Waals surface area contributed by atoms with E-state index < -0.39 is 5.97 Å². The number of ether oxygens (including phenoxy) is 1. The summed E-state index contributed by atoms with van der Waals surface area (Å²) in [5.41, 5.74) is 3.08. The Hall–Kier alpha value is -2.96. The first-order valence-electron chi connectivity index (χ1n) is 11.2. The smallest absolute Gasteiger partial charge is 0.315 e. The molecule has 0 spiro atoms. The first kappa shape index (κ1) is 18.8. The van der Waals surface area contributed by atoms with Crippen LogP contribution in [0.3, 0.4) is 0 Å². The monoisotopic (exact) mass is 418 g/mol. The van der Waals surface area contributed by atoms with Gasteiger partial charge in [-0.3, -0.25) is 4.79 Å². The van der Waals surface area contributed by atoms with Crippen LogP contribution in [0.1, 0.15) is 50.1 Å². The van der Waals surface area contributed by atoms with Gasteiger partial charge in [0.2, 0.25) is 5.89 Å². The maximum atomic E-state index is 11.6. The Morgan fingerprint density at radius 1 is 1.10 bits per heavy atom. The number of hydrogen-bond acceptors (Lipinski definition) is 6. The number of carbonyl (C=O) groups is 1. The second-order valence-electron chi connectivity index (χ2n) is 9.62. The van der Waals surface area contributed by atoms with E-state index >= 15 is 0 Å². The molecule has 2 aromatic heterocycles. The minimum absolute atomic E-state index is 0.0248. The van der Waals surface area contributed by atoms with E-state index in [9.17, 15) is 4.79 Å². The fourth-order valence-corrected chi connectivity index (χ4v) is 6.67. The summed E-state index contributed by atoms with van der Waals surface area (Å²) in [7, 11) is 1.36. The van der Waals surface area contributed by atoms with Crippen LogP contribution in [-0.2, 0) is 21.4 Å². The molecule has 4 aliphatic rings. The highest BCUT2D eigenvalue weighted by atomic mass is 16.5. The number of esters is 1. The number of para-hydroxylation sites is 1. The lowest BCUT2D eigenvalue weighted by molar-refractivity contribution is -0.140. The van der Waals surface area contributed by atoms with Crippen LogP contribution in [0, 0.1) is 17.8 Å². The van der Waals surface area contributed by atoms with Crippen molar-refractivity contribution >= 4 is 5.97 Å². The van der Waals surface area contributed by atoms with Gasteiger partial charge in [-0.05, 0) is 68.4 Å². The Kier molecular flexibility index (Phi) is 4.26. The number of hydrogen-bond donors (Lipinski definition) is 0. The zero-order valence-electron chi connectivity index (χ0n) is 17.7. The van der Waals surface area contributed by atoms with E-state index in [0.29, 0.717) is 5.89 Å². The van der Waals surface area contributed by atoms with E-state index in [1.54, 1.807) is 0 Å². The largest absolute Gasteiger partial charge is 0.469 e. The van der Waals surface area contributed by atoms with E-state index in [1.807, 2.05) is 29.1 Å². The van der Waals surface area contributed by atoms with Crippen LogP contribution in [0.15, 0.2) is 40.9 Å². The number of carbonyl (C=O) groups excluding carboxylic acids is 1. The molecule has 4 bridgehead atoms. The van der Waals surface area contributed by atoms with Crippen molar-refractivity contribution in [3.8, 4) is 17.1 Å². The number of methoxy groups -OCH3 is 1. The van der Waals surface area contributed by atoms with Gasteiger partial charge < -0.3 is 9.15 Å². The Bertz CT molecular complexity index is 1080. The minimum atomic E-state index is -0.392. The summed E-state index contributed by atoms with van der Waals surface area (Å²) < 4.78 is 12.6. The average molecular weight is 418 g/mol. The Morgan fingerprint density at radius 2 is 1.77 bits per heavy atom. The maximum absolute atomic E-state index is 11.6. The van der Waals surface area contributed by atoms with Crippen LogP contribution in [0.4, 0.5) is 0 Å². The van der Waals surface area contributed by atoms with Crippen LogP contribution >= 0.6 is 0 Å². The summed E-state index contributed by atoms with van der Waals surface area (Å²) in [6, 6.07) is 10.1. The summed E-state index contributed by atoms with van der Waals surface area (Å²) in [6.45, 7) is 0. The van der Waals surface area contributed by atoms with Crippen LogP contribution in [-0.4, -0.2) is 33.1 Å². The molecule has 0 radical (unpaired) electrons. The van der Waals surface area contributed by atoms with Crippen molar-refractivity contribution in [2.45, 2.75) is 50.4 Å². The molecule has 4 saturated carbocycles. The molecule has 0 amide bonds. The van der Waals surface area contributed by atoms with E-state index in [1.165, 1.54) is 45.6 Å². The number of nitrogens with zero attached hydrogens (tertiary/aromatic N) is 4. The maximum Gasteiger partial charge on any atom is 0.315 e. The summed E-state index contributed by atoms with van der Waals surface area (Å²) in [5.74, 6) is 2.73. The predicted molar refractivity (Wildman–Crippen MR) is 112 cm³/mol. The second-order valence-corrected chi connectivity index (χ2v) is 9.62. The minimum Gasteiger partial charge on any atom is -0.469 e. The Labute approximate surface area is 180 Å². The van der Waals surface area contributed by atoms with Gasteiger partial charge in [-0.15, -0.1) is 10.2 Å². The first-order chi connectivity index (χ1) is 15.1. The van der Waals surface area contributed by atoms with Gasteiger partial charge in [0.25, 0.3) is 5.89 Å². The van der Waals surface area contributed by atoms with Crippen molar-refractivity contribution in [1.29, 1.82) is 0 Å². The summed E-state index contributed by atoms with van der Waals surface area (Å²) in [4.78, 5) is 11.6. The topological polar surface area (TPSA) is 83.0 Å². The lowest BCUT2D eigenvalue weighted by Crippen LogP contribution is -2.49. The fourth-order valence-electron chi connectivity index (χ4n) is 6.67. The zero-order valence-corrected chi connectivity index (χ0v) is 17.7. The third-order valence-corrected chi connectivity index (χ3v) is 7.50. The second kappa shape index (κ2) is 7.04. The molecule has 3 aromatic rings. The van der Waals surface area contributed by atoms with Crippen molar-refractivity contribution in [3.63, 3.8) is 0 Å². The van der Waals surface area contributed by atoms with E-state index in [2.05, 4.69) is 22.3 Å². The normalized spacial score (nSPS) is 28.7. The average Bonchev–Trinajstić information content (AvgIpc) is 3.41. The molecule has 0 N–H and O–H groups in total. The molecule has 0 unspecified atom stereocenters. The lowest BCUT2D eigenvalue weighted by Gasteiger charge is -2.56. The highest BCUT2D eigenvalue weighted by molar-refractivity contribution is 5.71. The van der Waals surface area contributed by atoms with Crippen LogP contribution in [0.2, 0.25) is 0 Å². The lowest BCUT2D eigenvalue weighted by atomic mass is 9.48. The molecule has 2 heterocycles. The highest BCUT2D eigenvalue weighted by Crippen LogP contribution is 2.61. The molecule has 4 fully saturated rings. The number of aromatic nitrogens is 4. The quantitative estimate of drug-likeness (QED) is 0.580. The molecular weight excluding hydrogens is 392 g/mol. The van der Waals surface area contributed by atoms with Crippen molar-refractivity contribution in [2.24, 2.45) is 17.8 Å². The zero-order chi connectivity index (χ0) is 21.0. The van der Waals surface area contributed by atoms with Gasteiger partial charge in [-0.25, -0.2) is 4.68 Å². The van der Waals surface area contributed by atoms with E-state index in [-0.39, 0.29) is 17.7 Å². The van der Waals surface area contributed by atoms with Crippen LogP contribution < -0.4 is 0 Å². The van der Waals surface area contributed by atoms with Crippen molar-refractivity contribution < 1.29 is 13.9 Å². The van der Waals surface area contributed by atoms with Crippen LogP contribution in [0.5, 0.6) is 0 Å². The van der Waals surface area contributed by atoms with E-state index in [0.717, 1.165) is 34.7 Å². The van der Waals surface area contributed by atoms with Crippen LogP contribution in [0.25, 0.3) is 17.1 Å². The van der Waals surface area contributed by atoms with Gasteiger partial charge in [0.15, 0.2) is 0 Å². The highest BCUT2D eigenvalue weighted by Gasteiger charge is 2.53. The van der Waals surface area contributed by atoms with E-state index in [4.69, 9.17) is 14.3 Å². The van der Waals surface area contributed by atoms with Gasteiger partial charge >= 0.3 is 5.97 Å². The number of rotatable bonds is 5. The molecule has 7 heteroatoms. The molecule has 0 aliphatic heterocycles. The third kappa shape index (κ3) is 3.18. The fraction of sp³-hybridized carbons (Fsp3) is 0.500. The predicted octanol–water partition coefficient (Wildman–Crippen LogP) is 4.11. The Balaban J connectivity index is 1.45. The molecule has 0 atom stereocenters. The van der Waals surface area contributed by atoms with Gasteiger partial charge in [0.05, 0.1) is 24.1 Å². The number of benzene rings is 1. The molecule has 7 nitrogen and oxygen atoms in total. The molecule has 7 rings (SSSR count). The van der Waals surface area contributed by atoms with Crippen molar-refractivity contribution in [1.82, 2.24) is 20.0 Å². The molecular formula is C24H26N4O3. The SMILES string of the molecule is COC(=O)Cc1nnc(-c2cn(-c3ccccc3)nc2C23CC4CC(CC(C4)C2)C3)o1. The Morgan fingerprint density at radius 3 is 2.42 bits per heavy atom. The van der Waals surface area contributed by atoms with Gasteiger partial charge in [0.1, 0.15) is 6.42 Å². The van der Waals surface area contributed by atoms with Gasteiger partial charge in [0, 0.05) is 11.6 Å². The molecule has 1 aromatic carbocycles. The van der Waals surface area contributed by atoms with Crippen molar-refractivity contribution in [3.05, 3.63) is 48.1 Å². The van der Waals surface area contributed by atoms with Gasteiger partial charge in [-0.2, -0.15) is 5.10 Å². The van der Waals surface area contributed by atoms with Gasteiger partial charge in [-0.1, -0.05) is 18.2 Å². The molecule has 4 aliphatic carbocycles. The summed E-state index contributed by atoms with van der Waals surface area (Å²) >= 11 is 0. The van der Waals surface area contributed by atoms with Crippen molar-refractivity contribution in [2.75, 3.05) is 7.11 Å². The standard InChI is InChI=1S/C24H26N4O3/c1-30-21(29)10-20-25-26-23(31-20)19-14-28(18-5-3-2-4-6-18)27-22(19)24-11-15-7-16(12-24)9-17(8-15)13-24/h2-6,14-17H,7-13H2,1H3.